The lowest BCUT2D eigenvalue weighted by Crippen LogP contribution is -2.46. The maximum absolute atomic E-state index is 12.4. The molecule has 6 heteroatoms. The van der Waals surface area contributed by atoms with Crippen LogP contribution in [0.2, 0.25) is 0 Å². The fourth-order valence-corrected chi connectivity index (χ4v) is 4.00. The summed E-state index contributed by atoms with van der Waals surface area (Å²) in [5.74, 6) is -0.125. The largest absolute Gasteiger partial charge is 0.348 e. The summed E-state index contributed by atoms with van der Waals surface area (Å²) < 4.78 is 23.4. The molecule has 1 N–H and O–H groups in total. The number of carbonyl (C=O) groups is 1. The molecule has 0 bridgehead atoms. The van der Waals surface area contributed by atoms with Crippen molar-refractivity contribution in [1.82, 2.24) is 10.2 Å². The lowest BCUT2D eigenvalue weighted by atomic mass is 10.00. The van der Waals surface area contributed by atoms with Gasteiger partial charge in [0.25, 0.3) is 0 Å². The smallest absolute Gasteiger partial charge is 0.234 e. The molecule has 0 heterocycles. The van der Waals surface area contributed by atoms with Gasteiger partial charge in [0, 0.05) is 12.3 Å². The highest BCUT2D eigenvalue weighted by Crippen LogP contribution is 2.24. The second-order valence-corrected chi connectivity index (χ2v) is 9.45. The average molecular weight is 377 g/mol. The molecule has 0 radical (unpaired) electrons. The van der Waals surface area contributed by atoms with Crippen LogP contribution < -0.4 is 5.32 Å². The molecule has 0 saturated heterocycles. The minimum atomic E-state index is -3.15. The van der Waals surface area contributed by atoms with Crippen LogP contribution >= 0.6 is 0 Å². The van der Waals surface area contributed by atoms with Crippen LogP contribution in [-0.4, -0.2) is 50.4 Å². The maximum Gasteiger partial charge on any atom is 0.234 e. The Kier molecular flexibility index (Phi) is 6.42. The molecule has 0 aromatic heterocycles. The van der Waals surface area contributed by atoms with E-state index in [2.05, 4.69) is 23.5 Å². The molecule has 3 atom stereocenters. The number of carbonyl (C=O) groups excluding carboxylic acids is 1. The van der Waals surface area contributed by atoms with E-state index in [9.17, 15) is 13.2 Å². The van der Waals surface area contributed by atoms with E-state index >= 15 is 0 Å². The molecule has 0 fully saturated rings. The molecule has 0 aliphatic carbocycles. The summed E-state index contributed by atoms with van der Waals surface area (Å²) in [6.45, 7) is 5.61. The highest BCUT2D eigenvalue weighted by Gasteiger charge is 2.26. The van der Waals surface area contributed by atoms with E-state index in [1.54, 1.807) is 18.9 Å². The minimum Gasteiger partial charge on any atom is -0.348 e. The Morgan fingerprint density at radius 3 is 2.35 bits per heavy atom. The molecule has 142 valence electrons. The highest BCUT2D eigenvalue weighted by atomic mass is 32.2. The Morgan fingerprint density at radius 1 is 1.08 bits per heavy atom. The monoisotopic (exact) mass is 376 g/mol. The molecule has 0 aliphatic rings. The van der Waals surface area contributed by atoms with Gasteiger partial charge in [0.05, 0.1) is 17.8 Å². The predicted octanol–water partition coefficient (Wildman–Crippen LogP) is 2.77. The Bertz CT molecular complexity index is 874. The molecule has 0 aliphatic heterocycles. The van der Waals surface area contributed by atoms with Crippen molar-refractivity contribution in [2.45, 2.75) is 38.1 Å². The van der Waals surface area contributed by atoms with Crippen LogP contribution in [0, 0.1) is 0 Å². The molecule has 3 unspecified atom stereocenters. The van der Waals surface area contributed by atoms with Gasteiger partial charge in [-0.1, -0.05) is 42.5 Å². The first-order chi connectivity index (χ1) is 12.1. The molecule has 26 heavy (non-hydrogen) atoms. The van der Waals surface area contributed by atoms with Crippen LogP contribution in [-0.2, 0) is 14.6 Å². The van der Waals surface area contributed by atoms with Crippen molar-refractivity contribution in [3.63, 3.8) is 0 Å². The molecule has 2 aromatic rings. The van der Waals surface area contributed by atoms with E-state index in [1.165, 1.54) is 6.26 Å². The number of amides is 1. The number of rotatable bonds is 7. The first kappa shape index (κ1) is 20.4. The number of nitrogens with one attached hydrogen (secondary N) is 1. The van der Waals surface area contributed by atoms with Gasteiger partial charge in [-0.15, -0.1) is 0 Å². The molecule has 0 spiro atoms. The SMILES string of the molecule is CC(NC(=O)CN(C)C(C)C(C)S(C)(=O)=O)c1cccc2ccccc12. The van der Waals surface area contributed by atoms with Crippen LogP contribution in [0.1, 0.15) is 32.4 Å². The zero-order valence-electron chi connectivity index (χ0n) is 16.1. The van der Waals surface area contributed by atoms with Crippen LogP contribution in [0.3, 0.4) is 0 Å². The second-order valence-electron chi connectivity index (χ2n) is 7.05. The summed E-state index contributed by atoms with van der Waals surface area (Å²) >= 11 is 0. The van der Waals surface area contributed by atoms with Crippen LogP contribution in [0.5, 0.6) is 0 Å². The Morgan fingerprint density at radius 2 is 1.69 bits per heavy atom. The molecule has 2 rings (SSSR count). The Balaban J connectivity index is 2.05. The van der Waals surface area contributed by atoms with Crippen molar-refractivity contribution in [2.24, 2.45) is 0 Å². The van der Waals surface area contributed by atoms with E-state index in [0.29, 0.717) is 0 Å². The third-order valence-electron chi connectivity index (χ3n) is 5.11. The van der Waals surface area contributed by atoms with Gasteiger partial charge < -0.3 is 5.32 Å². The van der Waals surface area contributed by atoms with Gasteiger partial charge in [-0.05, 0) is 44.2 Å². The van der Waals surface area contributed by atoms with E-state index in [1.807, 2.05) is 38.1 Å². The number of sulfone groups is 1. The quantitative estimate of drug-likeness (QED) is 0.807. The van der Waals surface area contributed by atoms with E-state index in [-0.39, 0.29) is 24.5 Å². The van der Waals surface area contributed by atoms with Crippen LogP contribution in [0.15, 0.2) is 42.5 Å². The van der Waals surface area contributed by atoms with Crippen molar-refractivity contribution < 1.29 is 13.2 Å². The number of fused-ring (bicyclic) bond motifs is 1. The first-order valence-corrected chi connectivity index (χ1v) is 10.7. The van der Waals surface area contributed by atoms with Gasteiger partial charge in [0.15, 0.2) is 9.84 Å². The van der Waals surface area contributed by atoms with Crippen molar-refractivity contribution in [2.75, 3.05) is 19.8 Å². The predicted molar refractivity (Wildman–Crippen MR) is 107 cm³/mol. The normalized spacial score (nSPS) is 15.6. The van der Waals surface area contributed by atoms with Gasteiger partial charge >= 0.3 is 0 Å². The molecule has 2 aromatic carbocycles. The fraction of sp³-hybridized carbons (Fsp3) is 0.450. The van der Waals surface area contributed by atoms with E-state index < -0.39 is 15.1 Å². The molecule has 5 nitrogen and oxygen atoms in total. The van der Waals surface area contributed by atoms with E-state index in [4.69, 9.17) is 0 Å². The summed E-state index contributed by atoms with van der Waals surface area (Å²) in [6, 6.07) is 13.8. The lowest BCUT2D eigenvalue weighted by molar-refractivity contribution is -0.123. The number of hydrogen-bond donors (Lipinski definition) is 1. The van der Waals surface area contributed by atoms with Gasteiger partial charge in [-0.25, -0.2) is 8.42 Å². The second kappa shape index (κ2) is 8.18. The topological polar surface area (TPSA) is 66.5 Å². The lowest BCUT2D eigenvalue weighted by Gasteiger charge is -2.28. The maximum atomic E-state index is 12.4. The zero-order chi connectivity index (χ0) is 19.5. The van der Waals surface area contributed by atoms with Crippen molar-refractivity contribution in [1.29, 1.82) is 0 Å². The molecule has 1 amide bonds. The summed E-state index contributed by atoms with van der Waals surface area (Å²) in [4.78, 5) is 14.2. The fourth-order valence-electron chi connectivity index (χ4n) is 3.08. The third kappa shape index (κ3) is 4.83. The standard InChI is InChI=1S/C20H28N2O3S/c1-14(18-12-8-10-17-9-6-7-11-19(17)18)21-20(23)13-22(4)15(2)16(3)26(5,24)25/h6-12,14-16H,13H2,1-5H3,(H,21,23). The van der Waals surface area contributed by atoms with Gasteiger partial charge in [0.2, 0.25) is 5.91 Å². The van der Waals surface area contributed by atoms with Gasteiger partial charge in [-0.2, -0.15) is 0 Å². The number of benzene rings is 2. The summed E-state index contributed by atoms with van der Waals surface area (Å²) in [7, 11) is -1.37. The van der Waals surface area contributed by atoms with Crippen molar-refractivity contribution in [3.8, 4) is 0 Å². The van der Waals surface area contributed by atoms with Crippen molar-refractivity contribution in [3.05, 3.63) is 48.0 Å². The minimum absolute atomic E-state index is 0.125. The number of nitrogens with zero attached hydrogens (tertiary/aromatic N) is 1. The summed E-state index contributed by atoms with van der Waals surface area (Å²) in [6.07, 6.45) is 1.23. The third-order valence-corrected chi connectivity index (χ3v) is 6.85. The highest BCUT2D eigenvalue weighted by molar-refractivity contribution is 7.91. The number of hydrogen-bond acceptors (Lipinski definition) is 4. The number of likely N-dealkylation sites (N-methyl/N-ethyl adjacent to an activating group) is 1. The van der Waals surface area contributed by atoms with Crippen LogP contribution in [0.25, 0.3) is 10.8 Å². The van der Waals surface area contributed by atoms with Crippen molar-refractivity contribution >= 4 is 26.5 Å². The summed E-state index contributed by atoms with van der Waals surface area (Å²) in [5, 5.41) is 4.75. The van der Waals surface area contributed by atoms with Crippen LogP contribution in [0.4, 0.5) is 0 Å². The molecular weight excluding hydrogens is 348 g/mol. The summed E-state index contributed by atoms with van der Waals surface area (Å²) in [5.41, 5.74) is 1.07. The van der Waals surface area contributed by atoms with E-state index in [0.717, 1.165) is 16.3 Å². The average Bonchev–Trinajstić information content (AvgIpc) is 2.58. The van der Waals surface area contributed by atoms with Gasteiger partial charge in [-0.3, -0.25) is 9.69 Å². The molecule has 0 saturated carbocycles. The molecular formula is C20H28N2O3S. The Labute approximate surface area is 156 Å². The zero-order valence-corrected chi connectivity index (χ0v) is 16.9. The first-order valence-electron chi connectivity index (χ1n) is 8.77. The Hall–Kier alpha value is -1.92. The van der Waals surface area contributed by atoms with Gasteiger partial charge in [0.1, 0.15) is 0 Å².